The lowest BCUT2D eigenvalue weighted by Gasteiger charge is -2.13. The van der Waals surface area contributed by atoms with Gasteiger partial charge < -0.3 is 17.0 Å². The van der Waals surface area contributed by atoms with Crippen LogP contribution in [0.3, 0.4) is 0 Å². The van der Waals surface area contributed by atoms with Crippen LogP contribution in [0.2, 0.25) is 0 Å². The lowest BCUT2D eigenvalue weighted by Crippen LogP contribution is -2.33. The van der Waals surface area contributed by atoms with Crippen molar-refractivity contribution in [1.82, 2.24) is 29.6 Å². The van der Waals surface area contributed by atoms with Gasteiger partial charge in [-0.2, -0.15) is 5.10 Å². The number of aromatic nitrogens is 5. The summed E-state index contributed by atoms with van der Waals surface area (Å²) in [5, 5.41) is 8.15. The number of fused-ring (bicyclic) bond motifs is 1. The summed E-state index contributed by atoms with van der Waals surface area (Å²) in [6.45, 7) is 4.03. The summed E-state index contributed by atoms with van der Waals surface area (Å²) in [5.74, 6) is 11.1. The summed E-state index contributed by atoms with van der Waals surface area (Å²) < 4.78 is 2.61. The molecule has 0 aliphatic carbocycles. The number of aryl methyl sites for hydroxylation is 3. The molecule has 7 N–H and O–H groups in total. The number of hydrogen-bond donors (Lipinski definition) is 4. The number of hydrazine groups is 1. The Balaban J connectivity index is 2.01. The predicted molar refractivity (Wildman–Crippen MR) is 123 cm³/mol. The normalized spacial score (nSPS) is 11.8. The van der Waals surface area contributed by atoms with Crippen molar-refractivity contribution < 1.29 is 0 Å². The molecule has 11 heteroatoms. The third kappa shape index (κ3) is 3.76. The van der Waals surface area contributed by atoms with Gasteiger partial charge in [-0.1, -0.05) is 30.3 Å². The smallest absolute Gasteiger partial charge is 0.353 e. The van der Waals surface area contributed by atoms with E-state index in [1.807, 2.05) is 56.3 Å². The zero-order chi connectivity index (χ0) is 22.8. The van der Waals surface area contributed by atoms with Crippen molar-refractivity contribution >= 4 is 17.4 Å². The number of nitrogens with two attached hydrogens (primary N) is 3. The maximum atomic E-state index is 13.1. The van der Waals surface area contributed by atoms with Gasteiger partial charge in [-0.05, 0) is 31.5 Å². The minimum Gasteiger partial charge on any atom is -0.369 e. The molecule has 0 aliphatic rings. The van der Waals surface area contributed by atoms with Crippen molar-refractivity contribution in [2.75, 3.05) is 5.73 Å². The number of nitrogen functional groups attached to an aromatic ring is 1. The molecule has 4 rings (SSSR count). The molecule has 0 saturated heterocycles. The van der Waals surface area contributed by atoms with Crippen LogP contribution in [0.5, 0.6) is 0 Å². The van der Waals surface area contributed by atoms with E-state index >= 15 is 0 Å². The second-order valence-electron chi connectivity index (χ2n) is 7.33. The van der Waals surface area contributed by atoms with Crippen LogP contribution < -0.4 is 28.5 Å². The largest absolute Gasteiger partial charge is 0.369 e. The summed E-state index contributed by atoms with van der Waals surface area (Å²) in [7, 11) is 0. The van der Waals surface area contributed by atoms with E-state index in [-0.39, 0.29) is 12.5 Å². The first-order valence-corrected chi connectivity index (χ1v) is 9.96. The minimum absolute atomic E-state index is 0.0472. The van der Waals surface area contributed by atoms with E-state index in [4.69, 9.17) is 17.4 Å². The Morgan fingerprint density at radius 3 is 2.41 bits per heavy atom. The number of anilines is 1. The first-order chi connectivity index (χ1) is 15.4. The van der Waals surface area contributed by atoms with Gasteiger partial charge in [0.25, 0.3) is 0 Å². The number of benzene rings is 1. The lowest BCUT2D eigenvalue weighted by molar-refractivity contribution is 0.604. The van der Waals surface area contributed by atoms with Gasteiger partial charge in [-0.3, -0.25) is 4.98 Å². The van der Waals surface area contributed by atoms with Crippen LogP contribution >= 0.6 is 0 Å². The van der Waals surface area contributed by atoms with Gasteiger partial charge in [0.2, 0.25) is 5.95 Å². The predicted octanol–water partition coefficient (Wildman–Crippen LogP) is 0.945. The number of nitrogens with one attached hydrogen (secondary N) is 1. The molecule has 0 amide bonds. The third-order valence-corrected chi connectivity index (χ3v) is 5.06. The Hall–Kier alpha value is -4.25. The van der Waals surface area contributed by atoms with Gasteiger partial charge in [0, 0.05) is 23.4 Å². The van der Waals surface area contributed by atoms with Crippen LogP contribution in [0, 0.1) is 13.8 Å². The van der Waals surface area contributed by atoms with Gasteiger partial charge in [-0.25, -0.2) is 24.7 Å². The Labute approximate surface area is 183 Å². The van der Waals surface area contributed by atoms with Gasteiger partial charge in [0.15, 0.2) is 5.65 Å². The average molecular weight is 432 g/mol. The number of rotatable bonds is 5. The molecule has 3 aromatic heterocycles. The fourth-order valence-corrected chi connectivity index (χ4v) is 3.68. The summed E-state index contributed by atoms with van der Waals surface area (Å²) in [4.78, 5) is 22.2. The fourth-order valence-electron chi connectivity index (χ4n) is 3.68. The summed E-state index contributed by atoms with van der Waals surface area (Å²) >= 11 is 0. The van der Waals surface area contributed by atoms with Crippen LogP contribution in [0.25, 0.3) is 28.0 Å². The zero-order valence-corrected chi connectivity index (χ0v) is 17.8. The number of hydrogen-bond acceptors (Lipinski definition) is 8. The van der Waals surface area contributed by atoms with Crippen LogP contribution in [-0.4, -0.2) is 30.0 Å². The van der Waals surface area contributed by atoms with Crippen molar-refractivity contribution in [2.45, 2.75) is 26.8 Å². The van der Waals surface area contributed by atoms with Crippen molar-refractivity contribution in [3.63, 3.8) is 0 Å². The Bertz CT molecular complexity index is 1350. The highest BCUT2D eigenvalue weighted by Gasteiger charge is 2.22. The summed E-state index contributed by atoms with van der Waals surface area (Å²) in [6, 6.07) is 13.5. The van der Waals surface area contributed by atoms with E-state index in [0.29, 0.717) is 29.2 Å². The molecular formula is C21H24N10O. The van der Waals surface area contributed by atoms with Crippen LogP contribution in [-0.2, 0) is 6.54 Å². The van der Waals surface area contributed by atoms with E-state index in [1.54, 1.807) is 0 Å². The molecule has 11 nitrogen and oxygen atoms in total. The highest BCUT2D eigenvalue weighted by molar-refractivity contribution is 5.90. The molecule has 1 aromatic carbocycles. The molecule has 0 spiro atoms. The van der Waals surface area contributed by atoms with Crippen LogP contribution in [0.15, 0.2) is 52.4 Å². The SMILES string of the molecule is Cc1cc(-c2c(-c3ccccc3)nc(N)n3c(=O)n(CC/C(=N/N)NN)nc23)cc(C)n1. The molecule has 0 saturated carbocycles. The molecule has 3 heterocycles. The van der Waals surface area contributed by atoms with Crippen molar-refractivity contribution in [3.05, 3.63) is 64.3 Å². The zero-order valence-electron chi connectivity index (χ0n) is 17.8. The van der Waals surface area contributed by atoms with E-state index < -0.39 is 5.69 Å². The highest BCUT2D eigenvalue weighted by atomic mass is 16.2. The molecule has 0 aliphatic heterocycles. The molecular weight excluding hydrogens is 408 g/mol. The molecule has 0 radical (unpaired) electrons. The van der Waals surface area contributed by atoms with Gasteiger partial charge >= 0.3 is 5.69 Å². The van der Waals surface area contributed by atoms with E-state index in [9.17, 15) is 4.79 Å². The maximum Gasteiger partial charge on any atom is 0.353 e. The lowest BCUT2D eigenvalue weighted by atomic mass is 9.99. The number of pyridine rings is 1. The third-order valence-electron chi connectivity index (χ3n) is 5.06. The Morgan fingerprint density at radius 2 is 1.78 bits per heavy atom. The van der Waals surface area contributed by atoms with Crippen molar-refractivity contribution in [2.24, 2.45) is 16.8 Å². The van der Waals surface area contributed by atoms with Gasteiger partial charge in [0.1, 0.15) is 5.84 Å². The molecule has 0 atom stereocenters. The second kappa shape index (κ2) is 8.47. The standard InChI is InChI=1S/C21H24N10O/c1-12-10-15(11-13(2)25-12)17-18(14-6-4-3-5-7-14)26-20(22)31-19(17)29-30(21(31)32)9-8-16(27-23)28-24/h3-7,10-11H,8-9,23-24H2,1-2H3,(H2,22,26)(H,27,28). The first-order valence-electron chi connectivity index (χ1n) is 9.96. The highest BCUT2D eigenvalue weighted by Crippen LogP contribution is 2.34. The molecule has 0 bridgehead atoms. The first kappa shape index (κ1) is 21.0. The minimum atomic E-state index is -0.415. The Kier molecular flexibility index (Phi) is 5.56. The second-order valence-corrected chi connectivity index (χ2v) is 7.33. The average Bonchev–Trinajstić information content (AvgIpc) is 3.11. The quantitative estimate of drug-likeness (QED) is 0.156. The molecule has 164 valence electrons. The number of nitrogens with zero attached hydrogens (tertiary/aromatic N) is 6. The number of hydrazone groups is 1. The van der Waals surface area contributed by atoms with Crippen LogP contribution in [0.1, 0.15) is 17.8 Å². The summed E-state index contributed by atoms with van der Waals surface area (Å²) in [6.07, 6.45) is 0.290. The molecule has 32 heavy (non-hydrogen) atoms. The fraction of sp³-hybridized carbons (Fsp3) is 0.190. The summed E-state index contributed by atoms with van der Waals surface area (Å²) in [5.41, 5.74) is 13.3. The van der Waals surface area contributed by atoms with E-state index in [0.717, 1.165) is 22.5 Å². The molecule has 0 fully saturated rings. The topological polar surface area (TPSA) is 168 Å². The van der Waals surface area contributed by atoms with Crippen molar-refractivity contribution in [3.8, 4) is 22.4 Å². The van der Waals surface area contributed by atoms with Gasteiger partial charge in [0.05, 0.1) is 17.8 Å². The van der Waals surface area contributed by atoms with E-state index in [2.05, 4.69) is 25.6 Å². The van der Waals surface area contributed by atoms with Crippen molar-refractivity contribution in [1.29, 1.82) is 0 Å². The molecule has 0 unspecified atom stereocenters. The number of amidine groups is 1. The monoisotopic (exact) mass is 432 g/mol. The van der Waals surface area contributed by atoms with Crippen LogP contribution in [0.4, 0.5) is 5.95 Å². The van der Waals surface area contributed by atoms with E-state index in [1.165, 1.54) is 9.08 Å². The Morgan fingerprint density at radius 1 is 1.09 bits per heavy atom. The maximum absolute atomic E-state index is 13.1. The van der Waals surface area contributed by atoms with Gasteiger partial charge in [-0.15, -0.1) is 5.10 Å². The molecule has 4 aromatic rings.